The molecule has 0 aliphatic carbocycles. The van der Waals surface area contributed by atoms with E-state index in [2.05, 4.69) is 204 Å². The summed E-state index contributed by atoms with van der Waals surface area (Å²) in [5.74, 6) is -2.36. The molecule has 0 aliphatic heterocycles. The summed E-state index contributed by atoms with van der Waals surface area (Å²) in [6, 6.07) is 0. The molecule has 0 fully saturated rings. The van der Waals surface area contributed by atoms with Crippen molar-refractivity contribution in [2.45, 2.75) is 316 Å². The van der Waals surface area contributed by atoms with Crippen LogP contribution in [-0.4, -0.2) is 96.7 Å². The Bertz CT molecular complexity index is 2850. The van der Waals surface area contributed by atoms with E-state index in [-0.39, 0.29) is 25.7 Å². The summed E-state index contributed by atoms with van der Waals surface area (Å²) in [5, 5.41) is 10.7. The summed E-state index contributed by atoms with van der Waals surface area (Å²) in [6.45, 7) is 4.36. The first-order valence-corrected chi connectivity index (χ1v) is 44.7. The monoisotopic (exact) mass is 1570 g/mol. The molecule has 0 aliphatic rings. The van der Waals surface area contributed by atoms with Crippen LogP contribution in [0.5, 0.6) is 0 Å². The molecule has 0 saturated carbocycles. The number of unbranched alkanes of at least 4 members (excludes halogenated alkanes) is 18. The zero-order valence-electron chi connectivity index (χ0n) is 68.1. The lowest BCUT2D eigenvalue weighted by Gasteiger charge is -2.21. The van der Waals surface area contributed by atoms with Gasteiger partial charge in [-0.15, -0.1) is 0 Å². The van der Waals surface area contributed by atoms with Crippen molar-refractivity contribution in [1.82, 2.24) is 0 Å². The van der Waals surface area contributed by atoms with Crippen LogP contribution in [0.25, 0.3) is 0 Å². The first kappa shape index (κ1) is 104. The fraction of sp³-hybridized carbons (Fsp3) is 0.604. The number of carbonyl (C=O) groups is 4. The standard InChI is InChI=1S/C91H146O17P2/c1-5-9-13-17-21-25-29-33-36-39-42-45-48-52-56-60-64-68-72-76-89(94)102-82-87(108-91(96)78-74-70-66-62-58-54-50-47-44-41-38-35-31-27-23-19-15-11-7-3)84-106-110(99,100)104-80-85(92)79-103-109(97,98)105-83-86(81-101-88(93)75-71-67-63-59-55-51-32-28-24-20-16-12-8-4)107-90(95)77-73-69-65-61-57-53-49-46-43-40-37-34-30-26-22-18-14-10-6-2/h9-11,13-15,21-23,25-27,33-38,42-47,52-54,56-58,66,70,85-87,92H,5-8,12,16-20,24,28-32,39-41,48-51,55,59-65,67-69,71-84H2,1-4H3,(H,97,98)(H,99,100)/b13-9-,14-10-,15-11-,25-21-,26-22-,27-23-,36-33-,37-34-,38-35-,45-42-,46-43-,47-44-,56-52-,57-53-,58-54-,70-66-/t85-,86+,87+/m0/s1. The van der Waals surface area contributed by atoms with Crippen LogP contribution in [0.4, 0.5) is 0 Å². The molecule has 0 saturated heterocycles. The lowest BCUT2D eigenvalue weighted by molar-refractivity contribution is -0.161. The quantitative estimate of drug-likeness (QED) is 0.0169. The summed E-state index contributed by atoms with van der Waals surface area (Å²) in [7, 11) is -10.0. The number of hydrogen-bond donors (Lipinski definition) is 3. The topological polar surface area (TPSA) is 237 Å². The van der Waals surface area contributed by atoms with Crippen molar-refractivity contribution < 1.29 is 80.2 Å². The van der Waals surface area contributed by atoms with Crippen LogP contribution in [0.1, 0.15) is 297 Å². The Balaban J connectivity index is 5.53. The molecular formula is C91H146O17P2. The van der Waals surface area contributed by atoms with Crippen molar-refractivity contribution in [2.75, 3.05) is 39.6 Å². The van der Waals surface area contributed by atoms with Crippen LogP contribution < -0.4 is 0 Å². The second kappa shape index (κ2) is 80.9. The molecule has 0 aromatic heterocycles. The average Bonchev–Trinajstić information content (AvgIpc) is 0.905. The number of aliphatic hydroxyl groups is 1. The Labute approximate surface area is 666 Å². The second-order valence-electron chi connectivity index (χ2n) is 26.9. The predicted molar refractivity (Wildman–Crippen MR) is 454 cm³/mol. The molecule has 0 rings (SSSR count). The molecule has 0 bridgehead atoms. The van der Waals surface area contributed by atoms with Crippen LogP contribution in [0.2, 0.25) is 0 Å². The van der Waals surface area contributed by atoms with Crippen molar-refractivity contribution in [1.29, 1.82) is 0 Å². The van der Waals surface area contributed by atoms with E-state index in [0.717, 1.165) is 161 Å². The van der Waals surface area contributed by atoms with E-state index in [1.54, 1.807) is 0 Å². The Hall–Kier alpha value is -6.10. The van der Waals surface area contributed by atoms with E-state index < -0.39 is 97.5 Å². The van der Waals surface area contributed by atoms with Gasteiger partial charge >= 0.3 is 39.5 Å². The highest BCUT2D eigenvalue weighted by molar-refractivity contribution is 7.47. The molecule has 110 heavy (non-hydrogen) atoms. The maximum Gasteiger partial charge on any atom is 0.472 e. The number of hydrogen-bond acceptors (Lipinski definition) is 15. The zero-order chi connectivity index (χ0) is 80.3. The van der Waals surface area contributed by atoms with Gasteiger partial charge in [-0.3, -0.25) is 37.3 Å². The second-order valence-corrected chi connectivity index (χ2v) is 29.8. The lowest BCUT2D eigenvalue weighted by atomic mass is 10.0. The van der Waals surface area contributed by atoms with Gasteiger partial charge in [0.05, 0.1) is 26.4 Å². The minimum absolute atomic E-state index is 0.0465. The highest BCUT2D eigenvalue weighted by Gasteiger charge is 2.30. The molecule has 0 aromatic carbocycles. The number of aliphatic hydroxyl groups excluding tert-OH is 1. The van der Waals surface area contributed by atoms with Gasteiger partial charge in [-0.05, 0) is 154 Å². The maximum absolute atomic E-state index is 13.1. The zero-order valence-corrected chi connectivity index (χ0v) is 69.9. The van der Waals surface area contributed by atoms with Crippen molar-refractivity contribution in [3.63, 3.8) is 0 Å². The molecule has 2 unspecified atom stereocenters. The van der Waals surface area contributed by atoms with E-state index in [1.165, 1.54) is 51.4 Å². The van der Waals surface area contributed by atoms with Crippen LogP contribution in [0.3, 0.4) is 0 Å². The number of esters is 4. The normalized spacial score (nSPS) is 14.8. The summed E-state index contributed by atoms with van der Waals surface area (Å²) in [4.78, 5) is 73.2. The molecule has 622 valence electrons. The highest BCUT2D eigenvalue weighted by Crippen LogP contribution is 2.45. The highest BCUT2D eigenvalue weighted by atomic mass is 31.2. The third-order valence-electron chi connectivity index (χ3n) is 16.6. The first-order valence-electron chi connectivity index (χ1n) is 41.7. The molecule has 5 atom stereocenters. The van der Waals surface area contributed by atoms with Crippen molar-refractivity contribution >= 4 is 39.5 Å². The number of phosphoric acid groups is 2. The van der Waals surface area contributed by atoms with Crippen LogP contribution in [-0.2, 0) is 65.4 Å². The van der Waals surface area contributed by atoms with Crippen LogP contribution in [0, 0.1) is 0 Å². The number of rotatable bonds is 76. The average molecular weight is 1570 g/mol. The molecular weight excluding hydrogens is 1430 g/mol. The molecule has 17 nitrogen and oxygen atoms in total. The van der Waals surface area contributed by atoms with Crippen molar-refractivity contribution in [2.24, 2.45) is 0 Å². The Kier molecular flexibility index (Phi) is 76.4. The molecule has 0 radical (unpaired) electrons. The Morgan fingerprint density at radius 2 is 0.491 bits per heavy atom. The minimum Gasteiger partial charge on any atom is -0.462 e. The molecule has 0 aromatic rings. The summed E-state index contributed by atoms with van der Waals surface area (Å²) in [6.07, 6.45) is 99.9. The fourth-order valence-corrected chi connectivity index (χ4v) is 11.9. The predicted octanol–water partition coefficient (Wildman–Crippen LogP) is 24.9. The first-order chi connectivity index (χ1) is 53.7. The van der Waals surface area contributed by atoms with E-state index >= 15 is 0 Å². The van der Waals surface area contributed by atoms with Crippen LogP contribution >= 0.6 is 15.6 Å². The molecule has 0 amide bonds. The number of phosphoric ester groups is 2. The minimum atomic E-state index is -5.02. The smallest absolute Gasteiger partial charge is 0.462 e. The largest absolute Gasteiger partial charge is 0.472 e. The van der Waals surface area contributed by atoms with E-state index in [9.17, 15) is 43.2 Å². The number of allylic oxidation sites excluding steroid dienone is 32. The van der Waals surface area contributed by atoms with Crippen molar-refractivity contribution in [3.8, 4) is 0 Å². The Morgan fingerprint density at radius 3 is 0.782 bits per heavy atom. The molecule has 19 heteroatoms. The third kappa shape index (κ3) is 80.0. The van der Waals surface area contributed by atoms with Gasteiger partial charge in [0, 0.05) is 25.7 Å². The molecule has 0 heterocycles. The van der Waals surface area contributed by atoms with Gasteiger partial charge in [0.1, 0.15) is 19.3 Å². The number of ether oxygens (including phenoxy) is 4. The summed E-state index contributed by atoms with van der Waals surface area (Å²) in [5.41, 5.74) is 0. The molecule has 3 N–H and O–H groups in total. The van der Waals surface area contributed by atoms with Gasteiger partial charge in [-0.2, -0.15) is 0 Å². The third-order valence-corrected chi connectivity index (χ3v) is 18.5. The Morgan fingerprint density at radius 1 is 0.264 bits per heavy atom. The summed E-state index contributed by atoms with van der Waals surface area (Å²) >= 11 is 0. The van der Waals surface area contributed by atoms with E-state index in [1.807, 2.05) is 18.2 Å². The molecule has 0 spiro atoms. The number of carbonyl (C=O) groups excluding carboxylic acids is 4. The summed E-state index contributed by atoms with van der Waals surface area (Å²) < 4.78 is 68.6. The van der Waals surface area contributed by atoms with Gasteiger partial charge in [0.15, 0.2) is 12.2 Å². The van der Waals surface area contributed by atoms with Gasteiger partial charge in [0.25, 0.3) is 0 Å². The van der Waals surface area contributed by atoms with E-state index in [0.29, 0.717) is 32.1 Å². The van der Waals surface area contributed by atoms with Gasteiger partial charge in [-0.1, -0.05) is 312 Å². The van der Waals surface area contributed by atoms with Gasteiger partial charge < -0.3 is 33.8 Å². The fourth-order valence-electron chi connectivity index (χ4n) is 10.4. The van der Waals surface area contributed by atoms with Crippen molar-refractivity contribution in [3.05, 3.63) is 194 Å². The van der Waals surface area contributed by atoms with Crippen LogP contribution in [0.15, 0.2) is 194 Å². The lowest BCUT2D eigenvalue weighted by Crippen LogP contribution is -2.30. The van der Waals surface area contributed by atoms with E-state index in [4.69, 9.17) is 37.0 Å². The SMILES string of the molecule is CC/C=C\C/C=C\C/C=C\C/C=C\C/C=C\C/C=C\CCC(=O)O[C@H](COC(=O)CCCCC/C=C\C/C=C\C/C=C\C/C=C\C/C=C\CC)COP(=O)(O)OC[C@@H](O)COP(=O)(O)OC[C@@H](COC(=O)CCCCCCCCCCCCCCC)OC(=O)CCCCC/C=C\C/C=C\C/C=C\C/C=C\C/C=C\CC. The van der Waals surface area contributed by atoms with Gasteiger partial charge in [-0.25, -0.2) is 9.13 Å². The van der Waals surface area contributed by atoms with Gasteiger partial charge in [0.2, 0.25) is 0 Å². The maximum atomic E-state index is 13.1.